The predicted molar refractivity (Wildman–Crippen MR) is 124 cm³/mol. The molecule has 0 aliphatic carbocycles. The number of anilines is 1. The first-order chi connectivity index (χ1) is 15.0. The number of hydrogen-bond acceptors (Lipinski definition) is 7. The second-order valence-electron chi connectivity index (χ2n) is 7.15. The van der Waals surface area contributed by atoms with Gasteiger partial charge in [-0.05, 0) is 42.5 Å². The van der Waals surface area contributed by atoms with Crippen molar-refractivity contribution in [2.24, 2.45) is 0 Å². The Morgan fingerprint density at radius 2 is 1.90 bits per heavy atom. The molecule has 0 radical (unpaired) electrons. The first-order valence-electron chi connectivity index (χ1n) is 9.98. The largest absolute Gasteiger partial charge is 0.495 e. The Hall–Kier alpha value is -2.27. The van der Waals surface area contributed by atoms with E-state index >= 15 is 0 Å². The lowest BCUT2D eigenvalue weighted by Gasteiger charge is -2.21. The van der Waals surface area contributed by atoms with Crippen molar-refractivity contribution in [3.63, 3.8) is 0 Å². The quantitative estimate of drug-likeness (QED) is 0.556. The zero-order valence-corrected chi connectivity index (χ0v) is 19.5. The van der Waals surface area contributed by atoms with Gasteiger partial charge in [-0.1, -0.05) is 18.9 Å². The summed E-state index contributed by atoms with van der Waals surface area (Å²) >= 11 is 2.90. The molecule has 10 heteroatoms. The van der Waals surface area contributed by atoms with Crippen molar-refractivity contribution in [1.82, 2.24) is 9.29 Å². The van der Waals surface area contributed by atoms with Crippen LogP contribution in [0, 0.1) is 0 Å². The minimum absolute atomic E-state index is 0.0166. The van der Waals surface area contributed by atoms with Crippen LogP contribution < -0.4 is 10.1 Å². The monoisotopic (exact) mass is 477 g/mol. The molecule has 1 fully saturated rings. The molecule has 1 saturated heterocycles. The molecule has 4 rings (SSSR count). The van der Waals surface area contributed by atoms with Crippen molar-refractivity contribution in [1.29, 1.82) is 0 Å². The predicted octanol–water partition coefficient (Wildman–Crippen LogP) is 4.70. The Labute approximate surface area is 189 Å². The molecule has 0 unspecified atom stereocenters. The molecule has 1 aliphatic heterocycles. The van der Waals surface area contributed by atoms with E-state index in [2.05, 4.69) is 10.3 Å². The van der Waals surface area contributed by atoms with Gasteiger partial charge >= 0.3 is 0 Å². The van der Waals surface area contributed by atoms with E-state index in [-0.39, 0.29) is 16.2 Å². The molecular weight excluding hydrogens is 454 g/mol. The number of carbonyl (C=O) groups excluding carboxylic acids is 1. The summed E-state index contributed by atoms with van der Waals surface area (Å²) in [6.45, 7) is 0.957. The first kappa shape index (κ1) is 21.9. The number of carbonyl (C=O) groups is 1. The second kappa shape index (κ2) is 9.47. The SMILES string of the molecule is COc1ccc(C(=O)Nc2nc(-c3cccs3)cs2)cc1S(=O)(=O)N1CCCCCC1. The van der Waals surface area contributed by atoms with Crippen LogP contribution in [0.4, 0.5) is 5.13 Å². The highest BCUT2D eigenvalue weighted by Crippen LogP contribution is 2.31. The summed E-state index contributed by atoms with van der Waals surface area (Å²) in [6.07, 6.45) is 3.70. The van der Waals surface area contributed by atoms with E-state index in [1.165, 1.54) is 34.9 Å². The molecule has 1 aromatic carbocycles. The summed E-state index contributed by atoms with van der Waals surface area (Å²) in [5.41, 5.74) is 1.04. The summed E-state index contributed by atoms with van der Waals surface area (Å²) in [5.74, 6) is -0.183. The number of rotatable bonds is 6. The van der Waals surface area contributed by atoms with Gasteiger partial charge in [-0.2, -0.15) is 4.31 Å². The number of nitrogens with zero attached hydrogens (tertiary/aromatic N) is 2. The fourth-order valence-electron chi connectivity index (χ4n) is 3.48. The van der Waals surface area contributed by atoms with Gasteiger partial charge < -0.3 is 4.74 Å². The topological polar surface area (TPSA) is 88.6 Å². The first-order valence-corrected chi connectivity index (χ1v) is 13.2. The van der Waals surface area contributed by atoms with Gasteiger partial charge in [0.1, 0.15) is 10.6 Å². The third kappa shape index (κ3) is 4.82. The zero-order valence-electron chi connectivity index (χ0n) is 17.0. The highest BCUT2D eigenvalue weighted by molar-refractivity contribution is 7.89. The third-order valence-corrected chi connectivity index (χ3v) is 8.68. The minimum atomic E-state index is -3.77. The zero-order chi connectivity index (χ0) is 21.8. The maximum atomic E-state index is 13.3. The van der Waals surface area contributed by atoms with Crippen molar-refractivity contribution < 1.29 is 17.9 Å². The number of nitrogens with one attached hydrogen (secondary N) is 1. The van der Waals surface area contributed by atoms with Crippen LogP contribution in [-0.4, -0.2) is 43.8 Å². The summed E-state index contributed by atoms with van der Waals surface area (Å²) in [7, 11) is -2.34. The number of benzene rings is 1. The number of ether oxygens (including phenoxy) is 1. The Balaban J connectivity index is 1.58. The molecule has 164 valence electrons. The smallest absolute Gasteiger partial charge is 0.257 e. The fourth-order valence-corrected chi connectivity index (χ4v) is 6.64. The van der Waals surface area contributed by atoms with E-state index in [9.17, 15) is 13.2 Å². The molecular formula is C21H23N3O4S3. The number of thiophene rings is 1. The molecule has 1 aliphatic rings. The summed E-state index contributed by atoms with van der Waals surface area (Å²) < 4.78 is 33.4. The lowest BCUT2D eigenvalue weighted by molar-refractivity contribution is 0.102. The number of methoxy groups -OCH3 is 1. The lowest BCUT2D eigenvalue weighted by Crippen LogP contribution is -2.32. The van der Waals surface area contributed by atoms with Crippen molar-refractivity contribution in [2.75, 3.05) is 25.5 Å². The number of sulfonamides is 1. The van der Waals surface area contributed by atoms with Crippen molar-refractivity contribution in [2.45, 2.75) is 30.6 Å². The van der Waals surface area contributed by atoms with Gasteiger partial charge in [-0.25, -0.2) is 13.4 Å². The van der Waals surface area contributed by atoms with E-state index in [0.29, 0.717) is 18.2 Å². The maximum Gasteiger partial charge on any atom is 0.257 e. The van der Waals surface area contributed by atoms with Crippen LogP contribution in [0.3, 0.4) is 0 Å². The van der Waals surface area contributed by atoms with Gasteiger partial charge in [0.2, 0.25) is 10.0 Å². The minimum Gasteiger partial charge on any atom is -0.495 e. The number of amides is 1. The van der Waals surface area contributed by atoms with Gasteiger partial charge in [-0.15, -0.1) is 22.7 Å². The molecule has 2 aromatic heterocycles. The van der Waals surface area contributed by atoms with Gasteiger partial charge in [0.15, 0.2) is 5.13 Å². The van der Waals surface area contributed by atoms with Crippen molar-refractivity contribution in [3.05, 3.63) is 46.7 Å². The van der Waals surface area contributed by atoms with Crippen LogP contribution in [0.25, 0.3) is 10.6 Å². The summed E-state index contributed by atoms with van der Waals surface area (Å²) in [4.78, 5) is 18.3. The summed E-state index contributed by atoms with van der Waals surface area (Å²) in [6, 6.07) is 8.39. The molecule has 3 heterocycles. The third-order valence-electron chi connectivity index (χ3n) is 5.11. The lowest BCUT2D eigenvalue weighted by atomic mass is 10.2. The molecule has 0 atom stereocenters. The van der Waals surface area contributed by atoms with Crippen LogP contribution in [0.5, 0.6) is 5.75 Å². The average molecular weight is 478 g/mol. The number of hydrogen-bond donors (Lipinski definition) is 1. The number of aromatic nitrogens is 1. The van der Waals surface area contributed by atoms with Gasteiger partial charge in [0, 0.05) is 24.0 Å². The van der Waals surface area contributed by atoms with Crippen LogP contribution in [0.1, 0.15) is 36.0 Å². The van der Waals surface area contributed by atoms with Crippen LogP contribution >= 0.6 is 22.7 Å². The molecule has 3 aromatic rings. The van der Waals surface area contributed by atoms with Crippen molar-refractivity contribution >= 4 is 43.7 Å². The Kier molecular flexibility index (Phi) is 6.71. The number of thiazole rings is 1. The summed E-state index contributed by atoms with van der Waals surface area (Å²) in [5, 5.41) is 7.08. The maximum absolute atomic E-state index is 13.3. The highest BCUT2D eigenvalue weighted by Gasteiger charge is 2.29. The Morgan fingerprint density at radius 3 is 2.58 bits per heavy atom. The standard InChI is InChI=1S/C21H23N3O4S3/c1-28-17-9-8-15(13-19(17)31(26,27)24-10-4-2-3-5-11-24)20(25)23-21-22-16(14-30-21)18-7-6-12-29-18/h6-9,12-14H,2-5,10-11H2,1H3,(H,22,23,25). The molecule has 1 amide bonds. The molecule has 0 spiro atoms. The Bertz CT molecular complexity index is 1150. The van der Waals surface area contributed by atoms with Gasteiger partial charge in [0.05, 0.1) is 17.7 Å². The van der Waals surface area contributed by atoms with E-state index in [1.54, 1.807) is 17.4 Å². The normalized spacial score (nSPS) is 15.4. The van der Waals surface area contributed by atoms with Gasteiger partial charge in [0.25, 0.3) is 5.91 Å². The van der Waals surface area contributed by atoms with E-state index in [4.69, 9.17) is 4.74 Å². The Morgan fingerprint density at radius 1 is 1.13 bits per heavy atom. The van der Waals surface area contributed by atoms with Crippen LogP contribution in [-0.2, 0) is 10.0 Å². The van der Waals surface area contributed by atoms with Crippen LogP contribution in [0.2, 0.25) is 0 Å². The second-order valence-corrected chi connectivity index (χ2v) is 10.9. The van der Waals surface area contributed by atoms with Crippen LogP contribution in [0.15, 0.2) is 46.0 Å². The molecule has 0 saturated carbocycles. The van der Waals surface area contributed by atoms with Crippen molar-refractivity contribution in [3.8, 4) is 16.3 Å². The van der Waals surface area contributed by atoms with E-state index in [1.807, 2.05) is 22.9 Å². The molecule has 7 nitrogen and oxygen atoms in total. The fraction of sp³-hybridized carbons (Fsp3) is 0.333. The van der Waals surface area contributed by atoms with E-state index in [0.717, 1.165) is 36.3 Å². The molecule has 0 bridgehead atoms. The van der Waals surface area contributed by atoms with Gasteiger partial charge in [-0.3, -0.25) is 10.1 Å². The highest BCUT2D eigenvalue weighted by atomic mass is 32.2. The van der Waals surface area contributed by atoms with E-state index < -0.39 is 15.9 Å². The molecule has 1 N–H and O–H groups in total. The average Bonchev–Trinajstić information content (AvgIpc) is 3.39. The molecule has 31 heavy (non-hydrogen) atoms.